The molecule has 5 nitrogen and oxygen atoms in total. The van der Waals surface area contributed by atoms with Gasteiger partial charge in [0.1, 0.15) is 11.1 Å². The lowest BCUT2D eigenvalue weighted by atomic mass is 9.93. The highest BCUT2D eigenvalue weighted by Crippen LogP contribution is 2.35. The first-order valence-electron chi connectivity index (χ1n) is 6.42. The van der Waals surface area contributed by atoms with Crippen molar-refractivity contribution in [3.05, 3.63) is 0 Å². The number of halogens is 1. The molecule has 0 unspecified atom stereocenters. The van der Waals surface area contributed by atoms with Gasteiger partial charge in [0, 0.05) is 12.4 Å². The van der Waals surface area contributed by atoms with Crippen LogP contribution in [0.1, 0.15) is 40.0 Å². The number of amides is 1. The van der Waals surface area contributed by atoms with E-state index >= 15 is 0 Å². The quantitative estimate of drug-likeness (QED) is 0.592. The summed E-state index contributed by atoms with van der Waals surface area (Å²) in [6.45, 7) is 5.87. The Hall–Kier alpha value is -0.970. The minimum atomic E-state index is -0.973. The third kappa shape index (κ3) is 3.53. The summed E-state index contributed by atoms with van der Waals surface area (Å²) >= 11 is 5.79. The Balaban J connectivity index is 2.96. The molecule has 1 aliphatic heterocycles. The van der Waals surface area contributed by atoms with Crippen molar-refractivity contribution in [1.29, 1.82) is 0 Å². The second kappa shape index (κ2) is 5.99. The van der Waals surface area contributed by atoms with Crippen LogP contribution in [-0.2, 0) is 14.3 Å². The number of carbonyl (C=O) groups excluding carboxylic acids is 2. The van der Waals surface area contributed by atoms with Crippen molar-refractivity contribution in [2.24, 2.45) is 0 Å². The third-order valence-electron chi connectivity index (χ3n) is 3.18. The minimum Gasteiger partial charge on any atom is -0.467 e. The number of methoxy groups -OCH3 is 1. The highest BCUT2D eigenvalue weighted by Gasteiger charge is 2.51. The average molecular weight is 292 g/mol. The van der Waals surface area contributed by atoms with Gasteiger partial charge in [-0.05, 0) is 40.0 Å². The molecule has 0 spiro atoms. The maximum atomic E-state index is 12.2. The van der Waals surface area contributed by atoms with Gasteiger partial charge in [-0.1, -0.05) is 0 Å². The maximum absolute atomic E-state index is 12.2. The lowest BCUT2D eigenvalue weighted by Crippen LogP contribution is -2.55. The van der Waals surface area contributed by atoms with E-state index in [1.165, 1.54) is 12.0 Å². The minimum absolute atomic E-state index is 0.286. The molecule has 1 atom stereocenters. The summed E-state index contributed by atoms with van der Waals surface area (Å²) in [5.41, 5.74) is -1.57. The predicted molar refractivity (Wildman–Crippen MR) is 72.3 cm³/mol. The molecule has 1 rings (SSSR count). The summed E-state index contributed by atoms with van der Waals surface area (Å²) in [6, 6.07) is 0. The van der Waals surface area contributed by atoms with Gasteiger partial charge in [-0.3, -0.25) is 4.90 Å². The molecule has 1 saturated heterocycles. The topological polar surface area (TPSA) is 55.8 Å². The fourth-order valence-electron chi connectivity index (χ4n) is 2.38. The zero-order chi connectivity index (χ0) is 14.7. The van der Waals surface area contributed by atoms with Gasteiger partial charge < -0.3 is 9.47 Å². The number of carbonyl (C=O) groups is 2. The van der Waals surface area contributed by atoms with Gasteiger partial charge in [0.2, 0.25) is 0 Å². The first-order chi connectivity index (χ1) is 8.77. The molecule has 1 fully saturated rings. The molecule has 6 heteroatoms. The van der Waals surface area contributed by atoms with Gasteiger partial charge in [-0.25, -0.2) is 9.59 Å². The van der Waals surface area contributed by atoms with Crippen LogP contribution in [0.2, 0.25) is 0 Å². The van der Waals surface area contributed by atoms with Crippen molar-refractivity contribution in [1.82, 2.24) is 4.90 Å². The number of ether oxygens (including phenoxy) is 2. The molecule has 0 saturated carbocycles. The molecule has 1 aliphatic rings. The van der Waals surface area contributed by atoms with Crippen LogP contribution in [0, 0.1) is 0 Å². The fourth-order valence-corrected chi connectivity index (χ4v) is 2.69. The van der Waals surface area contributed by atoms with E-state index in [9.17, 15) is 9.59 Å². The van der Waals surface area contributed by atoms with Gasteiger partial charge in [0.15, 0.2) is 0 Å². The van der Waals surface area contributed by atoms with Gasteiger partial charge in [0.25, 0.3) is 0 Å². The van der Waals surface area contributed by atoms with Crippen molar-refractivity contribution >= 4 is 23.7 Å². The Labute approximate surface area is 119 Å². The van der Waals surface area contributed by atoms with E-state index in [2.05, 4.69) is 0 Å². The molecule has 1 amide bonds. The summed E-state index contributed by atoms with van der Waals surface area (Å²) in [5, 5.41) is 0. The molecule has 0 aliphatic carbocycles. The molecule has 0 bridgehead atoms. The molecule has 19 heavy (non-hydrogen) atoms. The molecule has 0 N–H and O–H groups in total. The normalized spacial score (nSPS) is 23.3. The summed E-state index contributed by atoms with van der Waals surface area (Å²) < 4.78 is 10.2. The summed E-state index contributed by atoms with van der Waals surface area (Å²) in [6.07, 6.45) is 1.19. The Morgan fingerprint density at radius 2 is 2.00 bits per heavy atom. The van der Waals surface area contributed by atoms with Crippen LogP contribution in [0.25, 0.3) is 0 Å². The van der Waals surface area contributed by atoms with E-state index in [0.29, 0.717) is 19.4 Å². The van der Waals surface area contributed by atoms with Gasteiger partial charge in [0.05, 0.1) is 7.11 Å². The standard InChI is InChI=1S/C13H22ClNO4/c1-12(2,3)19-11(17)15-9-5-6-13(15,7-8-14)10(16)18-4/h5-9H2,1-4H3/t13-/m0/s1. The van der Waals surface area contributed by atoms with Crippen LogP contribution in [-0.4, -0.2) is 47.6 Å². The molecular formula is C13H22ClNO4. The number of nitrogens with zero attached hydrogens (tertiary/aromatic N) is 1. The summed E-state index contributed by atoms with van der Waals surface area (Å²) in [7, 11) is 1.32. The first kappa shape index (κ1) is 16.1. The number of hydrogen-bond acceptors (Lipinski definition) is 4. The van der Waals surface area contributed by atoms with Crippen LogP contribution in [0.5, 0.6) is 0 Å². The fraction of sp³-hybridized carbons (Fsp3) is 0.846. The zero-order valence-corrected chi connectivity index (χ0v) is 12.7. The summed E-state index contributed by atoms with van der Waals surface area (Å²) in [5.74, 6) is -0.134. The Kier molecular flexibility index (Phi) is 5.07. The molecule has 110 valence electrons. The van der Waals surface area contributed by atoms with Crippen LogP contribution < -0.4 is 0 Å². The van der Waals surface area contributed by atoms with E-state index in [4.69, 9.17) is 21.1 Å². The Bertz CT molecular complexity index is 353. The Morgan fingerprint density at radius 1 is 1.37 bits per heavy atom. The molecular weight excluding hydrogens is 270 g/mol. The predicted octanol–water partition coefficient (Wildman–Crippen LogP) is 2.56. The third-order valence-corrected chi connectivity index (χ3v) is 3.37. The molecule has 0 aromatic rings. The summed E-state index contributed by atoms with van der Waals surface area (Å²) in [4.78, 5) is 25.8. The van der Waals surface area contributed by atoms with Crippen LogP contribution >= 0.6 is 11.6 Å². The molecule has 1 heterocycles. The van der Waals surface area contributed by atoms with Crippen molar-refractivity contribution in [2.75, 3.05) is 19.5 Å². The SMILES string of the molecule is COC(=O)[C@@]1(CCCl)CCCN1C(=O)OC(C)(C)C. The molecule has 0 aromatic heterocycles. The van der Waals surface area contributed by atoms with Crippen LogP contribution in [0.3, 0.4) is 0 Å². The van der Waals surface area contributed by atoms with Crippen molar-refractivity contribution in [3.63, 3.8) is 0 Å². The van der Waals surface area contributed by atoms with Crippen molar-refractivity contribution in [3.8, 4) is 0 Å². The Morgan fingerprint density at radius 3 is 2.47 bits per heavy atom. The zero-order valence-electron chi connectivity index (χ0n) is 12.0. The van der Waals surface area contributed by atoms with Crippen LogP contribution in [0.4, 0.5) is 4.79 Å². The van der Waals surface area contributed by atoms with E-state index in [-0.39, 0.29) is 5.88 Å². The second-order valence-corrected chi connectivity index (χ2v) is 6.08. The maximum Gasteiger partial charge on any atom is 0.411 e. The van der Waals surface area contributed by atoms with E-state index in [0.717, 1.165) is 6.42 Å². The number of esters is 1. The van der Waals surface area contributed by atoms with E-state index < -0.39 is 23.2 Å². The first-order valence-corrected chi connectivity index (χ1v) is 6.95. The smallest absolute Gasteiger partial charge is 0.411 e. The highest BCUT2D eigenvalue weighted by atomic mass is 35.5. The van der Waals surface area contributed by atoms with E-state index in [1.807, 2.05) is 0 Å². The number of alkyl halides is 1. The van der Waals surface area contributed by atoms with Crippen LogP contribution in [0.15, 0.2) is 0 Å². The number of hydrogen-bond donors (Lipinski definition) is 0. The second-order valence-electron chi connectivity index (χ2n) is 5.70. The monoisotopic (exact) mass is 291 g/mol. The van der Waals surface area contributed by atoms with Gasteiger partial charge in [-0.2, -0.15) is 0 Å². The lowest BCUT2D eigenvalue weighted by molar-refractivity contribution is -0.153. The molecule has 0 aromatic carbocycles. The molecule has 0 radical (unpaired) electrons. The van der Waals surface area contributed by atoms with Crippen molar-refractivity contribution < 1.29 is 19.1 Å². The van der Waals surface area contributed by atoms with E-state index in [1.54, 1.807) is 20.8 Å². The lowest BCUT2D eigenvalue weighted by Gasteiger charge is -2.36. The van der Waals surface area contributed by atoms with Crippen molar-refractivity contribution in [2.45, 2.75) is 51.2 Å². The van der Waals surface area contributed by atoms with Gasteiger partial charge >= 0.3 is 12.1 Å². The largest absolute Gasteiger partial charge is 0.467 e. The average Bonchev–Trinajstić information content (AvgIpc) is 2.71. The number of rotatable bonds is 3. The number of likely N-dealkylation sites (tertiary alicyclic amines) is 1. The highest BCUT2D eigenvalue weighted by molar-refractivity contribution is 6.18. The van der Waals surface area contributed by atoms with Gasteiger partial charge in [-0.15, -0.1) is 11.6 Å².